The predicted molar refractivity (Wildman–Crippen MR) is 54.3 cm³/mol. The maximum absolute atomic E-state index is 5.71. The summed E-state index contributed by atoms with van der Waals surface area (Å²) in [6, 6.07) is 0. The van der Waals surface area contributed by atoms with Gasteiger partial charge in [-0.15, -0.1) is 0 Å². The summed E-state index contributed by atoms with van der Waals surface area (Å²) in [5.74, 6) is 1.67. The summed E-state index contributed by atoms with van der Waals surface area (Å²) in [5, 5.41) is 0. The van der Waals surface area contributed by atoms with Crippen molar-refractivity contribution in [2.45, 2.75) is 12.3 Å². The van der Waals surface area contributed by atoms with Gasteiger partial charge in [-0.25, -0.2) is 15.0 Å². The minimum atomic E-state index is 0.332. The number of hydrogen-bond acceptors (Lipinski definition) is 5. The van der Waals surface area contributed by atoms with Crippen LogP contribution in [-0.4, -0.2) is 33.1 Å². The normalized spacial score (nSPS) is 21.2. The average Bonchev–Trinajstić information content (AvgIpc) is 2.86. The maximum Gasteiger partial charge on any atom is 0.183 e. The summed E-state index contributed by atoms with van der Waals surface area (Å²) in [5.41, 5.74) is 7.07. The van der Waals surface area contributed by atoms with Crippen molar-refractivity contribution < 1.29 is 4.74 Å². The van der Waals surface area contributed by atoms with Crippen molar-refractivity contribution in [2.75, 3.05) is 18.9 Å². The van der Waals surface area contributed by atoms with Gasteiger partial charge in [0.25, 0.3) is 0 Å². The molecule has 1 fully saturated rings. The molecule has 3 heterocycles. The van der Waals surface area contributed by atoms with Crippen LogP contribution in [0.5, 0.6) is 0 Å². The zero-order chi connectivity index (χ0) is 10.3. The van der Waals surface area contributed by atoms with Crippen molar-refractivity contribution in [3.05, 3.63) is 12.2 Å². The minimum Gasteiger partial charge on any atom is -0.382 e. The highest BCUT2D eigenvalue weighted by atomic mass is 16.5. The van der Waals surface area contributed by atoms with Crippen molar-refractivity contribution in [1.82, 2.24) is 19.9 Å². The first-order valence-electron chi connectivity index (χ1n) is 4.88. The topological polar surface area (TPSA) is 89.7 Å². The fourth-order valence-electron chi connectivity index (χ4n) is 1.81. The van der Waals surface area contributed by atoms with Crippen LogP contribution in [0.25, 0.3) is 11.2 Å². The van der Waals surface area contributed by atoms with E-state index in [1.165, 1.54) is 6.33 Å². The number of imidazole rings is 1. The van der Waals surface area contributed by atoms with Gasteiger partial charge in [0, 0.05) is 12.5 Å². The quantitative estimate of drug-likeness (QED) is 0.705. The molecule has 78 valence electrons. The number of aromatic amines is 1. The zero-order valence-corrected chi connectivity index (χ0v) is 8.10. The molecular formula is C9H11N5O. The Kier molecular flexibility index (Phi) is 1.81. The molecule has 1 unspecified atom stereocenters. The highest BCUT2D eigenvalue weighted by molar-refractivity contribution is 5.81. The van der Waals surface area contributed by atoms with E-state index in [2.05, 4.69) is 19.9 Å². The van der Waals surface area contributed by atoms with Gasteiger partial charge in [-0.05, 0) is 6.42 Å². The monoisotopic (exact) mass is 205 g/mol. The Bertz CT molecular complexity index is 488. The van der Waals surface area contributed by atoms with Crippen LogP contribution in [0.3, 0.4) is 0 Å². The molecular weight excluding hydrogens is 194 g/mol. The third-order valence-corrected chi connectivity index (χ3v) is 2.65. The number of ether oxygens (including phenoxy) is 1. The van der Waals surface area contributed by atoms with Gasteiger partial charge >= 0.3 is 0 Å². The summed E-state index contributed by atoms with van der Waals surface area (Å²) < 4.78 is 5.31. The smallest absolute Gasteiger partial charge is 0.183 e. The number of fused-ring (bicyclic) bond motifs is 1. The van der Waals surface area contributed by atoms with Gasteiger partial charge in [-0.1, -0.05) is 0 Å². The van der Waals surface area contributed by atoms with Crippen LogP contribution >= 0.6 is 0 Å². The molecule has 0 amide bonds. The number of nitrogens with one attached hydrogen (secondary N) is 1. The third kappa shape index (κ3) is 1.33. The van der Waals surface area contributed by atoms with Gasteiger partial charge in [0.05, 0.1) is 6.61 Å². The van der Waals surface area contributed by atoms with E-state index < -0.39 is 0 Å². The van der Waals surface area contributed by atoms with E-state index in [9.17, 15) is 0 Å². The SMILES string of the molecule is Nc1ncnc2nc(C3CCOC3)[nH]c12. The largest absolute Gasteiger partial charge is 0.382 e. The van der Waals surface area contributed by atoms with Gasteiger partial charge in [-0.2, -0.15) is 0 Å². The average molecular weight is 205 g/mol. The first kappa shape index (κ1) is 8.60. The number of hydrogen-bond donors (Lipinski definition) is 2. The zero-order valence-electron chi connectivity index (χ0n) is 8.10. The van der Waals surface area contributed by atoms with E-state index in [0.29, 0.717) is 24.0 Å². The molecule has 0 bridgehead atoms. The van der Waals surface area contributed by atoms with Crippen LogP contribution < -0.4 is 5.73 Å². The predicted octanol–water partition coefficient (Wildman–Crippen LogP) is 0.439. The van der Waals surface area contributed by atoms with E-state index in [1.807, 2.05) is 0 Å². The fraction of sp³-hybridized carbons (Fsp3) is 0.444. The number of rotatable bonds is 1. The van der Waals surface area contributed by atoms with Crippen molar-refractivity contribution in [1.29, 1.82) is 0 Å². The molecule has 1 aliphatic rings. The van der Waals surface area contributed by atoms with E-state index in [1.54, 1.807) is 0 Å². The Balaban J connectivity index is 2.09. The molecule has 1 saturated heterocycles. The molecule has 2 aromatic rings. The fourth-order valence-corrected chi connectivity index (χ4v) is 1.81. The standard InChI is InChI=1S/C9H11N5O/c10-7-6-9(12-4-11-7)14-8(13-6)5-1-2-15-3-5/h4-5H,1-3H2,(H3,10,11,12,13,14). The molecule has 6 nitrogen and oxygen atoms in total. The second-order valence-electron chi connectivity index (χ2n) is 3.64. The van der Waals surface area contributed by atoms with Gasteiger partial charge < -0.3 is 15.5 Å². The Morgan fingerprint density at radius 3 is 3.13 bits per heavy atom. The Hall–Kier alpha value is -1.69. The van der Waals surface area contributed by atoms with E-state index >= 15 is 0 Å². The van der Waals surface area contributed by atoms with Crippen LogP contribution in [0.2, 0.25) is 0 Å². The van der Waals surface area contributed by atoms with Crippen LogP contribution in [0.4, 0.5) is 5.82 Å². The lowest BCUT2D eigenvalue weighted by Crippen LogP contribution is -1.99. The second kappa shape index (κ2) is 3.16. The number of nitrogen functional groups attached to an aromatic ring is 1. The van der Waals surface area contributed by atoms with Crippen molar-refractivity contribution in [3.8, 4) is 0 Å². The Labute approximate surface area is 85.9 Å². The highest BCUT2D eigenvalue weighted by Crippen LogP contribution is 2.25. The van der Waals surface area contributed by atoms with Crippen molar-refractivity contribution in [3.63, 3.8) is 0 Å². The molecule has 0 radical (unpaired) electrons. The van der Waals surface area contributed by atoms with Gasteiger partial charge in [0.1, 0.15) is 17.7 Å². The van der Waals surface area contributed by atoms with Crippen LogP contribution in [0, 0.1) is 0 Å². The summed E-state index contributed by atoms with van der Waals surface area (Å²) >= 11 is 0. The van der Waals surface area contributed by atoms with E-state index in [0.717, 1.165) is 24.4 Å². The number of nitrogens with two attached hydrogens (primary N) is 1. The number of nitrogens with zero attached hydrogens (tertiary/aromatic N) is 3. The van der Waals surface area contributed by atoms with Gasteiger partial charge in [-0.3, -0.25) is 0 Å². The molecule has 1 aliphatic heterocycles. The lowest BCUT2D eigenvalue weighted by atomic mass is 10.1. The van der Waals surface area contributed by atoms with Gasteiger partial charge in [0.2, 0.25) is 0 Å². The van der Waals surface area contributed by atoms with Crippen LogP contribution in [-0.2, 0) is 4.74 Å². The van der Waals surface area contributed by atoms with Crippen molar-refractivity contribution >= 4 is 17.0 Å². The van der Waals surface area contributed by atoms with Crippen molar-refractivity contribution in [2.24, 2.45) is 0 Å². The molecule has 3 rings (SSSR count). The molecule has 6 heteroatoms. The first-order valence-corrected chi connectivity index (χ1v) is 4.88. The molecule has 1 atom stereocenters. The van der Waals surface area contributed by atoms with E-state index in [4.69, 9.17) is 10.5 Å². The molecule has 0 aliphatic carbocycles. The molecule has 0 saturated carbocycles. The number of H-pyrrole nitrogens is 1. The van der Waals surface area contributed by atoms with Crippen LogP contribution in [0.15, 0.2) is 6.33 Å². The third-order valence-electron chi connectivity index (χ3n) is 2.65. The Morgan fingerprint density at radius 2 is 2.40 bits per heavy atom. The molecule has 0 spiro atoms. The summed E-state index contributed by atoms with van der Waals surface area (Å²) in [6.07, 6.45) is 2.42. The first-order chi connectivity index (χ1) is 7.34. The van der Waals surface area contributed by atoms with E-state index in [-0.39, 0.29) is 0 Å². The highest BCUT2D eigenvalue weighted by Gasteiger charge is 2.21. The maximum atomic E-state index is 5.71. The summed E-state index contributed by atoms with van der Waals surface area (Å²) in [6.45, 7) is 1.51. The summed E-state index contributed by atoms with van der Waals surface area (Å²) in [4.78, 5) is 15.5. The second-order valence-corrected chi connectivity index (χ2v) is 3.64. The lowest BCUT2D eigenvalue weighted by molar-refractivity contribution is 0.193. The van der Waals surface area contributed by atoms with Gasteiger partial charge in [0.15, 0.2) is 11.5 Å². The molecule has 3 N–H and O–H groups in total. The Morgan fingerprint density at radius 1 is 1.47 bits per heavy atom. The lowest BCUT2D eigenvalue weighted by Gasteiger charge is -2.00. The molecule has 15 heavy (non-hydrogen) atoms. The summed E-state index contributed by atoms with van der Waals surface area (Å²) in [7, 11) is 0. The molecule has 2 aromatic heterocycles. The van der Waals surface area contributed by atoms with Crippen LogP contribution in [0.1, 0.15) is 18.2 Å². The number of anilines is 1. The minimum absolute atomic E-state index is 0.332. The number of aromatic nitrogens is 4. The molecule has 0 aromatic carbocycles.